The molecule has 0 saturated carbocycles. The van der Waals surface area contributed by atoms with Crippen LogP contribution in [0.4, 0.5) is 11.4 Å². The van der Waals surface area contributed by atoms with Gasteiger partial charge in [-0.1, -0.05) is 84.0 Å². The molecule has 0 radical (unpaired) electrons. The number of benzene rings is 3. The molecule has 1 aliphatic heterocycles. The normalized spacial score (nSPS) is 20.0. The van der Waals surface area contributed by atoms with Gasteiger partial charge in [0.1, 0.15) is 0 Å². The van der Waals surface area contributed by atoms with Crippen molar-refractivity contribution in [1.82, 2.24) is 5.16 Å². The SMILES string of the molecule is Cc1noc([C@H]2[C@H](c3ccccc3)c3ccccc3N[C@H]2c2ccccc2)c1[N+](=O)[O-]. The number of hydrogen-bond donors (Lipinski definition) is 1. The van der Waals surface area contributed by atoms with Crippen LogP contribution in [0.3, 0.4) is 0 Å². The van der Waals surface area contributed by atoms with E-state index in [4.69, 9.17) is 4.52 Å². The Labute approximate surface area is 179 Å². The van der Waals surface area contributed by atoms with E-state index in [0.29, 0.717) is 5.76 Å². The molecule has 3 atom stereocenters. The first-order chi connectivity index (χ1) is 15.1. The van der Waals surface area contributed by atoms with E-state index in [-0.39, 0.29) is 34.2 Å². The summed E-state index contributed by atoms with van der Waals surface area (Å²) in [6, 6.07) is 28.0. The molecule has 1 N–H and O–H groups in total. The van der Waals surface area contributed by atoms with Crippen molar-refractivity contribution < 1.29 is 9.45 Å². The van der Waals surface area contributed by atoms with Crippen LogP contribution < -0.4 is 5.32 Å². The van der Waals surface area contributed by atoms with Gasteiger partial charge in [-0.2, -0.15) is 0 Å². The van der Waals surface area contributed by atoms with Crippen LogP contribution in [0.5, 0.6) is 0 Å². The number of nitro groups is 1. The van der Waals surface area contributed by atoms with E-state index in [1.54, 1.807) is 6.92 Å². The fourth-order valence-corrected chi connectivity index (χ4v) is 4.67. The van der Waals surface area contributed by atoms with E-state index in [1.807, 2.05) is 60.7 Å². The Bertz CT molecular complexity index is 1220. The van der Waals surface area contributed by atoms with Gasteiger partial charge in [-0.3, -0.25) is 10.1 Å². The van der Waals surface area contributed by atoms with Crippen LogP contribution in [0.25, 0.3) is 0 Å². The third kappa shape index (κ3) is 3.26. The molecule has 1 aliphatic rings. The summed E-state index contributed by atoms with van der Waals surface area (Å²) >= 11 is 0. The second-order valence-electron chi connectivity index (χ2n) is 7.77. The molecular weight excluding hydrogens is 390 g/mol. The second-order valence-corrected chi connectivity index (χ2v) is 7.77. The Morgan fingerprint density at radius 2 is 1.52 bits per heavy atom. The number of anilines is 1. The number of nitrogens with zero attached hydrogens (tertiary/aromatic N) is 2. The van der Waals surface area contributed by atoms with E-state index >= 15 is 0 Å². The Morgan fingerprint density at radius 3 is 2.19 bits per heavy atom. The van der Waals surface area contributed by atoms with Crippen molar-refractivity contribution >= 4 is 11.4 Å². The van der Waals surface area contributed by atoms with Gasteiger partial charge in [0.05, 0.1) is 16.9 Å². The fourth-order valence-electron chi connectivity index (χ4n) is 4.67. The Hall–Kier alpha value is -3.93. The molecule has 6 nitrogen and oxygen atoms in total. The highest BCUT2D eigenvalue weighted by Crippen LogP contribution is 2.54. The molecule has 1 aromatic heterocycles. The first kappa shape index (κ1) is 19.1. The summed E-state index contributed by atoms with van der Waals surface area (Å²) in [5.74, 6) is -0.205. The van der Waals surface area contributed by atoms with E-state index in [2.05, 4.69) is 34.7 Å². The van der Waals surface area contributed by atoms with Crippen LogP contribution in [0.2, 0.25) is 0 Å². The molecule has 6 heteroatoms. The molecule has 0 aliphatic carbocycles. The summed E-state index contributed by atoms with van der Waals surface area (Å²) in [7, 11) is 0. The van der Waals surface area contributed by atoms with Crippen molar-refractivity contribution in [1.29, 1.82) is 0 Å². The van der Waals surface area contributed by atoms with Gasteiger partial charge in [0, 0.05) is 11.6 Å². The topological polar surface area (TPSA) is 81.2 Å². The first-order valence-electron chi connectivity index (χ1n) is 10.2. The maximum absolute atomic E-state index is 12.0. The van der Waals surface area contributed by atoms with Crippen LogP contribution >= 0.6 is 0 Å². The maximum Gasteiger partial charge on any atom is 0.334 e. The fraction of sp³-hybridized carbons (Fsp3) is 0.160. The molecule has 0 amide bonds. The average molecular weight is 411 g/mol. The van der Waals surface area contributed by atoms with Crippen molar-refractivity contribution in [3.63, 3.8) is 0 Å². The molecule has 0 bridgehead atoms. The van der Waals surface area contributed by atoms with Crippen molar-refractivity contribution in [3.8, 4) is 0 Å². The number of fused-ring (bicyclic) bond motifs is 1. The lowest BCUT2D eigenvalue weighted by Crippen LogP contribution is -2.31. The average Bonchev–Trinajstić information content (AvgIpc) is 3.20. The van der Waals surface area contributed by atoms with Crippen molar-refractivity contribution in [2.24, 2.45) is 0 Å². The summed E-state index contributed by atoms with van der Waals surface area (Å²) < 4.78 is 5.68. The third-order valence-electron chi connectivity index (χ3n) is 5.98. The van der Waals surface area contributed by atoms with Gasteiger partial charge in [-0.15, -0.1) is 0 Å². The van der Waals surface area contributed by atoms with Gasteiger partial charge in [0.25, 0.3) is 0 Å². The molecule has 0 saturated heterocycles. The van der Waals surface area contributed by atoms with Crippen LogP contribution in [-0.4, -0.2) is 10.1 Å². The zero-order valence-electron chi connectivity index (χ0n) is 16.9. The number of aromatic nitrogens is 1. The number of aryl methyl sites for hydroxylation is 1. The minimum Gasteiger partial charge on any atom is -0.377 e. The molecule has 5 rings (SSSR count). The standard InChI is InChI=1S/C25H21N3O3/c1-16-24(28(29)30)25(31-27-16)22-21(17-10-4-2-5-11-17)19-14-8-9-15-20(19)26-23(22)18-12-6-3-7-13-18/h2-15,21-23,26H,1H3/t21-,22+,23+/m1/s1. The Balaban J connectivity index is 1.79. The summed E-state index contributed by atoms with van der Waals surface area (Å²) in [5.41, 5.74) is 4.44. The molecular formula is C25H21N3O3. The molecule has 3 aromatic carbocycles. The van der Waals surface area contributed by atoms with Gasteiger partial charge < -0.3 is 9.84 Å². The Kier molecular flexibility index (Phi) is 4.75. The molecule has 0 spiro atoms. The van der Waals surface area contributed by atoms with Gasteiger partial charge in [-0.25, -0.2) is 0 Å². The van der Waals surface area contributed by atoms with E-state index in [1.165, 1.54) is 0 Å². The number of rotatable bonds is 4. The molecule has 0 unspecified atom stereocenters. The minimum absolute atomic E-state index is 0.0481. The smallest absolute Gasteiger partial charge is 0.334 e. The van der Waals surface area contributed by atoms with Gasteiger partial charge in [0.15, 0.2) is 5.69 Å². The van der Waals surface area contributed by atoms with Crippen molar-refractivity contribution in [2.75, 3.05) is 5.32 Å². The molecule has 2 heterocycles. The zero-order chi connectivity index (χ0) is 21.4. The monoisotopic (exact) mass is 411 g/mol. The molecule has 4 aromatic rings. The summed E-state index contributed by atoms with van der Waals surface area (Å²) in [4.78, 5) is 11.6. The lowest BCUT2D eigenvalue weighted by atomic mass is 9.70. The molecule has 154 valence electrons. The predicted octanol–water partition coefficient (Wildman–Crippen LogP) is 5.97. The van der Waals surface area contributed by atoms with Crippen molar-refractivity contribution in [2.45, 2.75) is 24.8 Å². The summed E-state index contributed by atoms with van der Waals surface area (Å²) in [6.45, 7) is 1.62. The highest BCUT2D eigenvalue weighted by molar-refractivity contribution is 5.63. The largest absolute Gasteiger partial charge is 0.377 e. The summed E-state index contributed by atoms with van der Waals surface area (Å²) in [5, 5.41) is 19.6. The summed E-state index contributed by atoms with van der Waals surface area (Å²) in [6.07, 6.45) is 0. The lowest BCUT2D eigenvalue weighted by Gasteiger charge is -2.40. The highest BCUT2D eigenvalue weighted by Gasteiger charge is 2.45. The number of para-hydroxylation sites is 1. The number of hydrogen-bond acceptors (Lipinski definition) is 5. The quantitative estimate of drug-likeness (QED) is 0.330. The van der Waals surface area contributed by atoms with E-state index in [0.717, 1.165) is 22.4 Å². The van der Waals surface area contributed by atoms with Gasteiger partial charge in [0.2, 0.25) is 5.76 Å². The van der Waals surface area contributed by atoms with Crippen molar-refractivity contribution in [3.05, 3.63) is 123 Å². The third-order valence-corrected chi connectivity index (χ3v) is 5.98. The maximum atomic E-state index is 12.0. The van der Waals surface area contributed by atoms with E-state index in [9.17, 15) is 10.1 Å². The van der Waals surface area contributed by atoms with Crippen LogP contribution in [-0.2, 0) is 0 Å². The van der Waals surface area contributed by atoms with Crippen LogP contribution in [0, 0.1) is 17.0 Å². The highest BCUT2D eigenvalue weighted by atomic mass is 16.6. The van der Waals surface area contributed by atoms with E-state index < -0.39 is 0 Å². The minimum atomic E-state index is -0.383. The van der Waals surface area contributed by atoms with Crippen LogP contribution in [0.1, 0.15) is 46.0 Å². The first-order valence-corrected chi connectivity index (χ1v) is 10.2. The van der Waals surface area contributed by atoms with Gasteiger partial charge in [-0.05, 0) is 29.7 Å². The molecule has 31 heavy (non-hydrogen) atoms. The predicted molar refractivity (Wildman–Crippen MR) is 118 cm³/mol. The van der Waals surface area contributed by atoms with Gasteiger partial charge >= 0.3 is 5.69 Å². The molecule has 0 fully saturated rings. The number of nitrogens with one attached hydrogen (secondary N) is 1. The second kappa shape index (κ2) is 7.72. The van der Waals surface area contributed by atoms with Crippen LogP contribution in [0.15, 0.2) is 89.5 Å². The lowest BCUT2D eigenvalue weighted by molar-refractivity contribution is -0.386. The Morgan fingerprint density at radius 1 is 0.903 bits per heavy atom. The zero-order valence-corrected chi connectivity index (χ0v) is 16.9.